The number of aromatic nitrogens is 2. The molecule has 4 aromatic rings. The minimum absolute atomic E-state index is 0.116. The highest BCUT2D eigenvalue weighted by Gasteiger charge is 2.31. The minimum atomic E-state index is -0.954. The summed E-state index contributed by atoms with van der Waals surface area (Å²) in [5.41, 5.74) is 3.56. The lowest BCUT2D eigenvalue weighted by Crippen LogP contribution is -2.35. The Morgan fingerprint density at radius 1 is 1.09 bits per heavy atom. The van der Waals surface area contributed by atoms with Gasteiger partial charge < -0.3 is 23.9 Å². The Balaban J connectivity index is 1.07. The van der Waals surface area contributed by atoms with Gasteiger partial charge in [-0.2, -0.15) is 0 Å². The van der Waals surface area contributed by atoms with Crippen molar-refractivity contribution in [2.45, 2.75) is 50.5 Å². The Kier molecular flexibility index (Phi) is 7.21. The standard InChI is InChI=1S/C33H31FN4O5/c1-35-22-6-7-25(26(34)16-22)30-19-42-29-4-2-3-24(32(29)43-30)20-9-12-37(13-10-20)18-31-36-27-8-5-21(33(39)40)15-28(27)38(31)17-23-11-14-41-23/h2-8,15-16,20,23,30H,9-14,17-19H2,(H,39,40)/t23-,30?/m0/s1. The highest BCUT2D eigenvalue weighted by molar-refractivity contribution is 5.92. The van der Waals surface area contributed by atoms with Gasteiger partial charge in [-0.05, 0) is 68.6 Å². The molecule has 2 saturated heterocycles. The average Bonchev–Trinajstić information content (AvgIpc) is 3.34. The van der Waals surface area contributed by atoms with Crippen molar-refractivity contribution in [1.82, 2.24) is 14.5 Å². The van der Waals surface area contributed by atoms with Crippen LogP contribution in [0.15, 0.2) is 54.6 Å². The number of ether oxygens (including phenoxy) is 3. The van der Waals surface area contributed by atoms with E-state index in [-0.39, 0.29) is 29.9 Å². The molecule has 1 aromatic heterocycles. The Bertz CT molecular complexity index is 1740. The van der Waals surface area contributed by atoms with E-state index in [1.54, 1.807) is 30.3 Å². The molecule has 3 aromatic carbocycles. The second-order valence-electron chi connectivity index (χ2n) is 11.4. The number of imidazole rings is 1. The predicted octanol–water partition coefficient (Wildman–Crippen LogP) is 6.11. The number of fused-ring (bicyclic) bond motifs is 2. The first kappa shape index (κ1) is 27.4. The third-order valence-corrected chi connectivity index (χ3v) is 8.77. The Hall–Kier alpha value is -4.46. The van der Waals surface area contributed by atoms with E-state index in [9.17, 15) is 14.3 Å². The molecule has 0 radical (unpaired) electrons. The van der Waals surface area contributed by atoms with Crippen molar-refractivity contribution in [2.75, 3.05) is 26.3 Å². The second kappa shape index (κ2) is 11.3. The number of carbonyl (C=O) groups is 1. The Morgan fingerprint density at radius 2 is 1.93 bits per heavy atom. The second-order valence-corrected chi connectivity index (χ2v) is 11.4. The summed E-state index contributed by atoms with van der Waals surface area (Å²) in [5, 5.41) is 9.53. The van der Waals surface area contributed by atoms with Crippen LogP contribution in [-0.4, -0.2) is 57.9 Å². The van der Waals surface area contributed by atoms with E-state index in [0.29, 0.717) is 30.2 Å². The summed E-state index contributed by atoms with van der Waals surface area (Å²) in [5.74, 6) is 1.08. The van der Waals surface area contributed by atoms with E-state index in [2.05, 4.69) is 20.4 Å². The summed E-state index contributed by atoms with van der Waals surface area (Å²) in [7, 11) is 0. The van der Waals surface area contributed by atoms with Crippen LogP contribution in [0.2, 0.25) is 0 Å². The molecule has 0 amide bonds. The van der Waals surface area contributed by atoms with Crippen LogP contribution in [-0.2, 0) is 17.8 Å². The number of carboxylic acid groups (broad SMARTS) is 1. The number of aromatic carboxylic acids is 1. The number of para-hydroxylation sites is 1. The van der Waals surface area contributed by atoms with E-state index in [4.69, 9.17) is 25.8 Å². The molecule has 0 saturated carbocycles. The van der Waals surface area contributed by atoms with Gasteiger partial charge in [0.2, 0.25) is 0 Å². The van der Waals surface area contributed by atoms with Crippen molar-refractivity contribution in [3.63, 3.8) is 0 Å². The molecule has 0 bridgehead atoms. The lowest BCUT2D eigenvalue weighted by atomic mass is 9.88. The summed E-state index contributed by atoms with van der Waals surface area (Å²) in [6, 6.07) is 15.5. The van der Waals surface area contributed by atoms with Crippen LogP contribution in [0.5, 0.6) is 11.5 Å². The molecule has 1 unspecified atom stereocenters. The molecular formula is C33H31FN4O5. The van der Waals surface area contributed by atoms with Gasteiger partial charge in [-0.15, -0.1) is 0 Å². The summed E-state index contributed by atoms with van der Waals surface area (Å²) < 4.78 is 35.0. The van der Waals surface area contributed by atoms with Gasteiger partial charge in [-0.1, -0.05) is 24.3 Å². The normalized spacial score (nSPS) is 20.5. The maximum Gasteiger partial charge on any atom is 0.335 e. The quantitative estimate of drug-likeness (QED) is 0.263. The van der Waals surface area contributed by atoms with Gasteiger partial charge in [0.05, 0.1) is 42.4 Å². The Morgan fingerprint density at radius 3 is 2.65 bits per heavy atom. The molecule has 7 rings (SSSR count). The van der Waals surface area contributed by atoms with Crippen LogP contribution in [0.4, 0.5) is 10.1 Å². The van der Waals surface area contributed by atoms with Crippen LogP contribution in [0.1, 0.15) is 58.6 Å². The number of hydrogen-bond donors (Lipinski definition) is 1. The smallest absolute Gasteiger partial charge is 0.335 e. The zero-order valence-corrected chi connectivity index (χ0v) is 23.5. The highest BCUT2D eigenvalue weighted by Crippen LogP contribution is 2.45. The maximum atomic E-state index is 14.8. The molecule has 4 heterocycles. The van der Waals surface area contributed by atoms with Gasteiger partial charge in [-0.3, -0.25) is 4.90 Å². The number of halogens is 1. The summed E-state index contributed by atoms with van der Waals surface area (Å²) in [6.07, 6.45) is 2.32. The van der Waals surface area contributed by atoms with Crippen LogP contribution < -0.4 is 9.47 Å². The lowest BCUT2D eigenvalue weighted by Gasteiger charge is -2.35. The number of benzene rings is 3. The third kappa shape index (κ3) is 5.31. The molecule has 3 aliphatic heterocycles. The van der Waals surface area contributed by atoms with Crippen LogP contribution in [0, 0.1) is 12.4 Å². The average molecular weight is 583 g/mol. The number of hydrogen-bond acceptors (Lipinski definition) is 6. The SMILES string of the molecule is [C-]#[N+]c1ccc(C2COc3cccc(C4CCN(Cc5nc6ccc(C(=O)O)cc6n5C[C@@H]5CCO5)CC4)c3O2)c(F)c1. The van der Waals surface area contributed by atoms with Gasteiger partial charge >= 0.3 is 5.97 Å². The Labute approximate surface area is 248 Å². The van der Waals surface area contributed by atoms with E-state index in [0.717, 1.165) is 61.4 Å². The molecule has 0 spiro atoms. The van der Waals surface area contributed by atoms with E-state index in [1.165, 1.54) is 6.07 Å². The van der Waals surface area contributed by atoms with Gasteiger partial charge in [0.1, 0.15) is 18.2 Å². The molecule has 43 heavy (non-hydrogen) atoms. The molecule has 2 fully saturated rings. The largest absolute Gasteiger partial charge is 0.485 e. The van der Waals surface area contributed by atoms with Crippen LogP contribution in [0.25, 0.3) is 15.9 Å². The summed E-state index contributed by atoms with van der Waals surface area (Å²) in [4.78, 5) is 22.2. The molecular weight excluding hydrogens is 551 g/mol. The number of nitrogens with zero attached hydrogens (tertiary/aromatic N) is 4. The molecule has 0 aliphatic carbocycles. The monoisotopic (exact) mass is 582 g/mol. The highest BCUT2D eigenvalue weighted by atomic mass is 19.1. The first-order valence-corrected chi connectivity index (χ1v) is 14.6. The van der Waals surface area contributed by atoms with E-state index < -0.39 is 17.9 Å². The fourth-order valence-electron chi connectivity index (χ4n) is 6.30. The number of piperidine rings is 1. The molecule has 1 N–H and O–H groups in total. The summed E-state index contributed by atoms with van der Waals surface area (Å²) >= 11 is 0. The van der Waals surface area contributed by atoms with Gasteiger partial charge in [0, 0.05) is 17.7 Å². The molecule has 3 aliphatic rings. The first-order chi connectivity index (χ1) is 21.0. The molecule has 220 valence electrons. The van der Waals surface area contributed by atoms with Gasteiger partial charge in [-0.25, -0.2) is 19.0 Å². The van der Waals surface area contributed by atoms with Crippen molar-refractivity contribution in [3.05, 3.63) is 94.3 Å². The zero-order chi connectivity index (χ0) is 29.5. The zero-order valence-electron chi connectivity index (χ0n) is 23.5. The van der Waals surface area contributed by atoms with Gasteiger partial charge in [0.25, 0.3) is 0 Å². The van der Waals surface area contributed by atoms with Crippen molar-refractivity contribution in [2.24, 2.45) is 0 Å². The topological polar surface area (TPSA) is 90.4 Å². The van der Waals surface area contributed by atoms with E-state index >= 15 is 0 Å². The minimum Gasteiger partial charge on any atom is -0.485 e. The first-order valence-electron chi connectivity index (χ1n) is 14.6. The van der Waals surface area contributed by atoms with Crippen LogP contribution in [0.3, 0.4) is 0 Å². The van der Waals surface area contributed by atoms with E-state index in [1.807, 2.05) is 12.1 Å². The van der Waals surface area contributed by atoms with Gasteiger partial charge in [0.15, 0.2) is 23.3 Å². The number of rotatable bonds is 7. The summed E-state index contributed by atoms with van der Waals surface area (Å²) in [6.45, 7) is 11.1. The predicted molar refractivity (Wildman–Crippen MR) is 156 cm³/mol. The lowest BCUT2D eigenvalue weighted by molar-refractivity contribution is -0.0592. The van der Waals surface area contributed by atoms with Crippen molar-refractivity contribution < 1.29 is 28.5 Å². The van der Waals surface area contributed by atoms with Crippen LogP contribution >= 0.6 is 0 Å². The molecule has 10 heteroatoms. The maximum absolute atomic E-state index is 14.8. The van der Waals surface area contributed by atoms with Crippen molar-refractivity contribution >= 4 is 22.7 Å². The molecule has 2 atom stereocenters. The molecule has 9 nitrogen and oxygen atoms in total. The van der Waals surface area contributed by atoms with Crippen molar-refractivity contribution in [3.8, 4) is 11.5 Å². The number of carboxylic acids is 1. The fourth-order valence-corrected chi connectivity index (χ4v) is 6.30. The van der Waals surface area contributed by atoms with Crippen molar-refractivity contribution in [1.29, 1.82) is 0 Å². The number of likely N-dealkylation sites (tertiary alicyclic amines) is 1. The third-order valence-electron chi connectivity index (χ3n) is 8.77. The fraction of sp³-hybridized carbons (Fsp3) is 0.364.